The second kappa shape index (κ2) is 8.74. The number of hydrogen-bond acceptors (Lipinski definition) is 2. The summed E-state index contributed by atoms with van der Waals surface area (Å²) >= 11 is 0. The molecule has 1 aliphatic heterocycles. The van der Waals surface area contributed by atoms with Gasteiger partial charge in [-0.2, -0.15) is 0 Å². The van der Waals surface area contributed by atoms with Crippen LogP contribution < -0.4 is 5.73 Å². The molecule has 1 amide bonds. The second-order valence-corrected chi connectivity index (χ2v) is 6.28. The lowest BCUT2D eigenvalue weighted by atomic mass is 10.00. The molecule has 2 aromatic carbocycles. The number of carbonyl (C=O) groups excluding carboxylic acids is 1. The molecule has 4 heteroatoms. The predicted octanol–water partition coefficient (Wildman–Crippen LogP) is 4.38. The van der Waals surface area contributed by atoms with Gasteiger partial charge >= 0.3 is 0 Å². The number of nitrogens with two attached hydrogens (primary N) is 1. The zero-order chi connectivity index (χ0) is 16.1. The molecule has 24 heavy (non-hydrogen) atoms. The van der Waals surface area contributed by atoms with Crippen molar-refractivity contribution in [2.24, 2.45) is 0 Å². The quantitative estimate of drug-likeness (QED) is 0.840. The van der Waals surface area contributed by atoms with Crippen molar-refractivity contribution in [2.75, 3.05) is 12.3 Å². The van der Waals surface area contributed by atoms with Crippen LogP contribution in [0.1, 0.15) is 42.9 Å². The van der Waals surface area contributed by atoms with Gasteiger partial charge in [0.15, 0.2) is 0 Å². The van der Waals surface area contributed by atoms with E-state index in [-0.39, 0.29) is 24.4 Å². The highest BCUT2D eigenvalue weighted by molar-refractivity contribution is 5.85. The Morgan fingerprint density at radius 1 is 1.00 bits per heavy atom. The van der Waals surface area contributed by atoms with E-state index >= 15 is 0 Å². The maximum absolute atomic E-state index is 12.9. The number of anilines is 1. The number of benzene rings is 2. The second-order valence-electron chi connectivity index (χ2n) is 6.28. The highest BCUT2D eigenvalue weighted by Gasteiger charge is 2.26. The summed E-state index contributed by atoms with van der Waals surface area (Å²) in [4.78, 5) is 15.0. The third-order valence-electron chi connectivity index (χ3n) is 4.59. The van der Waals surface area contributed by atoms with Crippen LogP contribution in [0.25, 0.3) is 0 Å². The Hall–Kier alpha value is -2.00. The first kappa shape index (κ1) is 18.3. The fourth-order valence-corrected chi connectivity index (χ4v) is 3.34. The number of amides is 1. The van der Waals surface area contributed by atoms with E-state index < -0.39 is 0 Å². The Morgan fingerprint density at radius 3 is 2.42 bits per heavy atom. The van der Waals surface area contributed by atoms with Crippen LogP contribution >= 0.6 is 12.4 Å². The highest BCUT2D eigenvalue weighted by Crippen LogP contribution is 2.30. The molecule has 1 unspecified atom stereocenters. The molecule has 1 heterocycles. The molecule has 1 aliphatic rings. The van der Waals surface area contributed by atoms with Gasteiger partial charge in [0.2, 0.25) is 5.91 Å². The number of hydrogen-bond donors (Lipinski definition) is 1. The summed E-state index contributed by atoms with van der Waals surface area (Å²) in [5.41, 5.74) is 8.74. The van der Waals surface area contributed by atoms with E-state index in [0.717, 1.165) is 30.6 Å². The van der Waals surface area contributed by atoms with E-state index in [9.17, 15) is 4.79 Å². The van der Waals surface area contributed by atoms with Crippen LogP contribution in [0, 0.1) is 0 Å². The van der Waals surface area contributed by atoms with Gasteiger partial charge in [0, 0.05) is 12.2 Å². The minimum absolute atomic E-state index is 0. The molecular weight excluding hydrogens is 320 g/mol. The third-order valence-corrected chi connectivity index (χ3v) is 4.59. The average Bonchev–Trinajstić information content (AvgIpc) is 2.84. The van der Waals surface area contributed by atoms with Crippen molar-refractivity contribution in [1.29, 1.82) is 0 Å². The maximum atomic E-state index is 12.9. The molecule has 0 bridgehead atoms. The van der Waals surface area contributed by atoms with E-state index in [4.69, 9.17) is 5.73 Å². The SMILES string of the molecule is Cl.Nc1ccc(CC(=O)N2CCCCCC2c2ccccc2)cc1. The monoisotopic (exact) mass is 344 g/mol. The number of nitrogens with zero attached hydrogens (tertiary/aromatic N) is 1. The van der Waals surface area contributed by atoms with Gasteiger partial charge in [-0.3, -0.25) is 4.79 Å². The van der Waals surface area contributed by atoms with Gasteiger partial charge in [-0.1, -0.05) is 55.3 Å². The maximum Gasteiger partial charge on any atom is 0.227 e. The standard InChI is InChI=1S/C20H24N2O.ClH/c21-18-12-10-16(11-13-18)15-20(23)22-14-6-2-5-9-19(22)17-7-3-1-4-8-17;/h1,3-4,7-8,10-13,19H,2,5-6,9,14-15,21H2;1H. The Bertz CT molecular complexity index is 642. The summed E-state index contributed by atoms with van der Waals surface area (Å²) in [6.07, 6.45) is 4.98. The van der Waals surface area contributed by atoms with Gasteiger partial charge in [0.25, 0.3) is 0 Å². The van der Waals surface area contributed by atoms with Crippen molar-refractivity contribution in [2.45, 2.75) is 38.1 Å². The fourth-order valence-electron chi connectivity index (χ4n) is 3.34. The number of nitrogen functional groups attached to an aromatic ring is 1. The van der Waals surface area contributed by atoms with Crippen LogP contribution in [0.5, 0.6) is 0 Å². The van der Waals surface area contributed by atoms with E-state index in [2.05, 4.69) is 29.2 Å². The molecule has 3 rings (SSSR count). The smallest absolute Gasteiger partial charge is 0.227 e. The summed E-state index contributed by atoms with van der Waals surface area (Å²) in [5.74, 6) is 0.213. The Morgan fingerprint density at radius 2 is 1.71 bits per heavy atom. The molecule has 1 fully saturated rings. The molecular formula is C20H25ClN2O. The van der Waals surface area contributed by atoms with Gasteiger partial charge in [-0.05, 0) is 36.1 Å². The normalized spacial score (nSPS) is 17.7. The molecule has 2 N–H and O–H groups in total. The third kappa shape index (κ3) is 4.51. The van der Waals surface area contributed by atoms with Crippen molar-refractivity contribution in [3.63, 3.8) is 0 Å². The fraction of sp³-hybridized carbons (Fsp3) is 0.350. The van der Waals surface area contributed by atoms with E-state index in [1.165, 1.54) is 18.4 Å². The van der Waals surface area contributed by atoms with Crippen molar-refractivity contribution in [1.82, 2.24) is 4.90 Å². The van der Waals surface area contributed by atoms with Crippen LogP contribution in [-0.4, -0.2) is 17.4 Å². The van der Waals surface area contributed by atoms with Crippen LogP contribution in [0.3, 0.4) is 0 Å². The van der Waals surface area contributed by atoms with Crippen molar-refractivity contribution in [3.05, 3.63) is 65.7 Å². The van der Waals surface area contributed by atoms with E-state index in [1.807, 2.05) is 30.3 Å². The van der Waals surface area contributed by atoms with Gasteiger partial charge in [-0.15, -0.1) is 12.4 Å². The first-order valence-corrected chi connectivity index (χ1v) is 8.43. The van der Waals surface area contributed by atoms with E-state index in [1.54, 1.807) is 0 Å². The summed E-state index contributed by atoms with van der Waals surface area (Å²) in [5, 5.41) is 0. The lowest BCUT2D eigenvalue weighted by molar-refractivity contribution is -0.132. The first-order valence-electron chi connectivity index (χ1n) is 8.43. The summed E-state index contributed by atoms with van der Waals surface area (Å²) in [6, 6.07) is 18.2. The van der Waals surface area contributed by atoms with Crippen LogP contribution in [0.15, 0.2) is 54.6 Å². The Balaban J connectivity index is 0.00000208. The Kier molecular flexibility index (Phi) is 6.68. The van der Waals surface area contributed by atoms with Crippen molar-refractivity contribution >= 4 is 24.0 Å². The molecule has 128 valence electrons. The minimum Gasteiger partial charge on any atom is -0.399 e. The molecule has 1 saturated heterocycles. The Labute approximate surface area is 150 Å². The van der Waals surface area contributed by atoms with Crippen molar-refractivity contribution in [3.8, 4) is 0 Å². The van der Waals surface area contributed by atoms with Gasteiger partial charge in [0.1, 0.15) is 0 Å². The predicted molar refractivity (Wildman–Crippen MR) is 101 cm³/mol. The lowest BCUT2D eigenvalue weighted by Crippen LogP contribution is -2.35. The molecule has 2 aromatic rings. The van der Waals surface area contributed by atoms with Crippen LogP contribution in [-0.2, 0) is 11.2 Å². The zero-order valence-electron chi connectivity index (χ0n) is 13.9. The van der Waals surface area contributed by atoms with Crippen molar-refractivity contribution < 1.29 is 4.79 Å². The summed E-state index contributed by atoms with van der Waals surface area (Å²) in [6.45, 7) is 0.855. The summed E-state index contributed by atoms with van der Waals surface area (Å²) < 4.78 is 0. The minimum atomic E-state index is 0. The van der Waals surface area contributed by atoms with Gasteiger partial charge < -0.3 is 10.6 Å². The molecule has 1 atom stereocenters. The zero-order valence-corrected chi connectivity index (χ0v) is 14.7. The molecule has 0 saturated carbocycles. The number of carbonyl (C=O) groups is 1. The van der Waals surface area contributed by atoms with Gasteiger partial charge in [-0.25, -0.2) is 0 Å². The number of rotatable bonds is 3. The number of likely N-dealkylation sites (tertiary alicyclic amines) is 1. The highest BCUT2D eigenvalue weighted by atomic mass is 35.5. The number of halogens is 1. The lowest BCUT2D eigenvalue weighted by Gasteiger charge is -2.30. The van der Waals surface area contributed by atoms with E-state index in [0.29, 0.717) is 6.42 Å². The van der Waals surface area contributed by atoms with Crippen LogP contribution in [0.4, 0.5) is 5.69 Å². The first-order chi connectivity index (χ1) is 11.2. The largest absolute Gasteiger partial charge is 0.399 e. The molecule has 0 aliphatic carbocycles. The molecule has 0 spiro atoms. The topological polar surface area (TPSA) is 46.3 Å². The molecule has 3 nitrogen and oxygen atoms in total. The molecule has 0 aromatic heterocycles. The summed E-state index contributed by atoms with van der Waals surface area (Å²) in [7, 11) is 0. The van der Waals surface area contributed by atoms with Gasteiger partial charge in [0.05, 0.1) is 12.5 Å². The van der Waals surface area contributed by atoms with Crippen LogP contribution in [0.2, 0.25) is 0 Å². The average molecular weight is 345 g/mol. The molecule has 0 radical (unpaired) electrons.